The van der Waals surface area contributed by atoms with Gasteiger partial charge in [0.1, 0.15) is 30.5 Å². The molecule has 1 N–H and O–H groups in total. The zero-order valence-corrected chi connectivity index (χ0v) is 28.0. The number of hydrogen-bond acceptors (Lipinski definition) is 4. The van der Waals surface area contributed by atoms with Crippen molar-refractivity contribution < 1.29 is 14.2 Å². The molecule has 6 nitrogen and oxygen atoms in total. The summed E-state index contributed by atoms with van der Waals surface area (Å²) in [7, 11) is 8.61. The first-order valence-electron chi connectivity index (χ1n) is 14.6. The summed E-state index contributed by atoms with van der Waals surface area (Å²) in [6.45, 7) is 10.5. The number of fused-ring (bicyclic) bond motifs is 2. The van der Waals surface area contributed by atoms with E-state index in [0.29, 0.717) is 16.7 Å². The van der Waals surface area contributed by atoms with E-state index in [4.69, 9.17) is 0 Å². The Kier molecular flexibility index (Phi) is 7.58. The van der Waals surface area contributed by atoms with Crippen LogP contribution in [-0.2, 0) is 10.8 Å². The standard InChI is InChI=1S/C36H39BrN5O/c1-35(2)27-12-9-10-13-29(27)40(5)31(35)19-25-33(23(21-38)22-39)26(34(25)43)20-32-36(3,4)28-18-24(37)14-15-30(28)41(32)16-11-17-42(6,7)8/h9-10,12-15,18-20H,11,16-17H2,1-8H3/q+1/p+1. The highest BCUT2D eigenvalue weighted by Gasteiger charge is 2.46. The first kappa shape index (κ1) is 30.5. The number of allylic oxidation sites excluding steroid dienone is 6. The number of hydrogen-bond donors (Lipinski definition) is 1. The Hall–Kier alpha value is -3.91. The second-order valence-corrected chi connectivity index (χ2v) is 14.6. The minimum Gasteiger partial charge on any atom is -0.507 e. The van der Waals surface area contributed by atoms with Crippen LogP contribution >= 0.6 is 15.9 Å². The number of anilines is 1. The minimum atomic E-state index is -0.364. The van der Waals surface area contributed by atoms with Gasteiger partial charge < -0.3 is 14.5 Å². The molecule has 0 amide bonds. The van der Waals surface area contributed by atoms with E-state index < -0.39 is 0 Å². The summed E-state index contributed by atoms with van der Waals surface area (Å²) in [5, 5.41) is 31.6. The average molecular weight is 639 g/mol. The van der Waals surface area contributed by atoms with Crippen molar-refractivity contribution >= 4 is 33.0 Å². The topological polar surface area (TPSA) is 74.1 Å². The predicted molar refractivity (Wildman–Crippen MR) is 176 cm³/mol. The van der Waals surface area contributed by atoms with Gasteiger partial charge in [-0.15, -0.1) is 0 Å². The maximum Gasteiger partial charge on any atom is 0.209 e. The van der Waals surface area contributed by atoms with Gasteiger partial charge in [-0.3, -0.25) is 0 Å². The van der Waals surface area contributed by atoms with Gasteiger partial charge in [-0.2, -0.15) is 15.1 Å². The largest absolute Gasteiger partial charge is 0.507 e. The molecule has 2 aromatic carbocycles. The van der Waals surface area contributed by atoms with Gasteiger partial charge in [0.25, 0.3) is 0 Å². The molecular weight excluding hydrogens is 598 g/mol. The molecule has 0 bridgehead atoms. The summed E-state index contributed by atoms with van der Waals surface area (Å²) >= 11 is 3.66. The molecule has 3 aliphatic rings. The minimum absolute atomic E-state index is 0.000106. The molecule has 0 aromatic heterocycles. The fourth-order valence-electron chi connectivity index (χ4n) is 6.74. The van der Waals surface area contributed by atoms with Crippen LogP contribution in [0.4, 0.5) is 11.4 Å². The lowest BCUT2D eigenvalue weighted by atomic mass is 9.74. The van der Waals surface area contributed by atoms with E-state index in [1.165, 1.54) is 11.1 Å². The molecule has 43 heavy (non-hydrogen) atoms. The van der Waals surface area contributed by atoms with Crippen LogP contribution < -0.4 is 4.90 Å². The number of halogens is 1. The lowest BCUT2D eigenvalue weighted by Gasteiger charge is -2.32. The van der Waals surface area contributed by atoms with Gasteiger partial charge in [0.15, 0.2) is 5.71 Å². The van der Waals surface area contributed by atoms with Gasteiger partial charge >= 0.3 is 0 Å². The monoisotopic (exact) mass is 637 g/mol. The van der Waals surface area contributed by atoms with Crippen LogP contribution in [0.25, 0.3) is 0 Å². The van der Waals surface area contributed by atoms with E-state index in [2.05, 4.69) is 117 Å². The van der Waals surface area contributed by atoms with Gasteiger partial charge in [0, 0.05) is 68.7 Å². The van der Waals surface area contributed by atoms with Crippen LogP contribution in [0, 0.1) is 22.7 Å². The van der Waals surface area contributed by atoms with Gasteiger partial charge in [-0.1, -0.05) is 48.0 Å². The lowest BCUT2D eigenvalue weighted by Crippen LogP contribution is -2.37. The fraction of sp³-hybridized carbons (Fsp3) is 0.361. The first-order chi connectivity index (χ1) is 20.1. The third-order valence-electron chi connectivity index (χ3n) is 9.09. The van der Waals surface area contributed by atoms with E-state index in [1.807, 2.05) is 31.3 Å². The molecule has 5 rings (SSSR count). The Balaban J connectivity index is 1.66. The zero-order chi connectivity index (χ0) is 31.5. The van der Waals surface area contributed by atoms with Crippen LogP contribution in [0.1, 0.15) is 45.2 Å². The second-order valence-electron chi connectivity index (χ2n) is 13.7. The molecule has 220 valence electrons. The lowest BCUT2D eigenvalue weighted by molar-refractivity contribution is -0.870. The molecule has 0 spiro atoms. The van der Waals surface area contributed by atoms with E-state index in [9.17, 15) is 15.6 Å². The zero-order valence-electron chi connectivity index (χ0n) is 26.4. The van der Waals surface area contributed by atoms with Gasteiger partial charge in [0.05, 0.1) is 33.1 Å². The average Bonchev–Trinajstić information content (AvgIpc) is 3.27. The number of aliphatic hydroxyl groups is 1. The van der Waals surface area contributed by atoms with Gasteiger partial charge in [-0.05, 0) is 43.7 Å². The molecule has 2 aromatic rings. The van der Waals surface area contributed by atoms with Crippen LogP contribution in [0.15, 0.2) is 92.8 Å². The van der Waals surface area contributed by atoms with Crippen molar-refractivity contribution in [3.8, 4) is 12.1 Å². The summed E-state index contributed by atoms with van der Waals surface area (Å²) in [6.07, 6.45) is 4.93. The normalized spacial score (nSPS) is 20.3. The molecule has 1 aliphatic carbocycles. The molecule has 2 aliphatic heterocycles. The molecule has 0 atom stereocenters. The van der Waals surface area contributed by atoms with Gasteiger partial charge in [0.2, 0.25) is 5.69 Å². The van der Waals surface area contributed by atoms with Crippen molar-refractivity contribution in [2.75, 3.05) is 46.2 Å². The maximum absolute atomic E-state index is 11.6. The molecule has 0 saturated carbocycles. The molecular formula is C36H40BrN5O+2. The SMILES string of the molecule is C[N+]1=C(C=C2C(O)=C(C=C3N(CCC[N+](C)(C)C)c4ccc(Br)cc4C3(C)C)C2=C(C#N)C#N)C(C)(C)c2ccccc21. The fourth-order valence-corrected chi connectivity index (χ4v) is 7.10. The third kappa shape index (κ3) is 5.05. The smallest absolute Gasteiger partial charge is 0.209 e. The second kappa shape index (κ2) is 10.7. The molecule has 7 heteroatoms. The molecule has 0 fully saturated rings. The van der Waals surface area contributed by atoms with Crippen molar-refractivity contribution in [1.82, 2.24) is 0 Å². The van der Waals surface area contributed by atoms with Crippen LogP contribution in [0.3, 0.4) is 0 Å². The predicted octanol–water partition coefficient (Wildman–Crippen LogP) is 7.33. The molecule has 0 saturated heterocycles. The number of quaternary nitrogens is 1. The van der Waals surface area contributed by atoms with E-state index in [1.54, 1.807) is 0 Å². The Morgan fingerprint density at radius 1 is 1.00 bits per heavy atom. The number of nitriles is 2. The van der Waals surface area contributed by atoms with E-state index in [0.717, 1.165) is 51.2 Å². The van der Waals surface area contributed by atoms with Crippen molar-refractivity contribution in [3.63, 3.8) is 0 Å². The van der Waals surface area contributed by atoms with Crippen LogP contribution in [-0.4, -0.2) is 61.2 Å². The quantitative estimate of drug-likeness (QED) is 0.204. The number of aliphatic hydroxyl groups excluding tert-OH is 1. The van der Waals surface area contributed by atoms with Gasteiger partial charge in [-0.25, -0.2) is 0 Å². The van der Waals surface area contributed by atoms with E-state index >= 15 is 0 Å². The third-order valence-corrected chi connectivity index (χ3v) is 9.58. The van der Waals surface area contributed by atoms with E-state index in [-0.39, 0.29) is 22.2 Å². The molecule has 2 heterocycles. The Labute approximate surface area is 264 Å². The molecule has 0 unspecified atom stereocenters. The summed E-state index contributed by atoms with van der Waals surface area (Å²) < 4.78 is 4.02. The molecule has 0 radical (unpaired) electrons. The maximum atomic E-state index is 11.6. The van der Waals surface area contributed by atoms with Crippen molar-refractivity contribution in [2.45, 2.75) is 44.9 Å². The van der Waals surface area contributed by atoms with Crippen molar-refractivity contribution in [2.24, 2.45) is 0 Å². The first-order valence-corrected chi connectivity index (χ1v) is 15.4. The highest BCUT2D eigenvalue weighted by Crippen LogP contribution is 2.51. The van der Waals surface area contributed by atoms with Crippen molar-refractivity contribution in [1.29, 1.82) is 10.5 Å². The Morgan fingerprint density at radius 2 is 1.67 bits per heavy atom. The number of para-hydroxylation sites is 1. The van der Waals surface area contributed by atoms with Crippen LogP contribution in [0.5, 0.6) is 0 Å². The number of benzene rings is 2. The number of nitrogens with zero attached hydrogens (tertiary/aromatic N) is 5. The summed E-state index contributed by atoms with van der Waals surface area (Å²) in [5.74, 6) is 0.109. The summed E-state index contributed by atoms with van der Waals surface area (Å²) in [5.41, 5.74) is 7.56. The highest BCUT2D eigenvalue weighted by molar-refractivity contribution is 9.10. The van der Waals surface area contributed by atoms with Crippen LogP contribution in [0.2, 0.25) is 0 Å². The Bertz CT molecular complexity index is 1760. The highest BCUT2D eigenvalue weighted by atomic mass is 79.9. The number of rotatable bonds is 6. The summed E-state index contributed by atoms with van der Waals surface area (Å²) in [4.78, 5) is 2.34. The van der Waals surface area contributed by atoms with Crippen molar-refractivity contribution in [3.05, 3.63) is 104 Å². The Morgan fingerprint density at radius 3 is 2.30 bits per heavy atom. The summed E-state index contributed by atoms with van der Waals surface area (Å²) in [6, 6.07) is 18.9.